The highest BCUT2D eigenvalue weighted by atomic mass is 16.1. The fourth-order valence-electron chi connectivity index (χ4n) is 3.30. The Morgan fingerprint density at radius 2 is 1.90 bits per heavy atom. The van der Waals surface area contributed by atoms with Crippen LogP contribution in [0.15, 0.2) is 49.3 Å². The van der Waals surface area contributed by atoms with Crippen molar-refractivity contribution in [2.24, 2.45) is 0 Å². The molecule has 1 amide bonds. The van der Waals surface area contributed by atoms with Gasteiger partial charge in [0.1, 0.15) is 17.5 Å². The van der Waals surface area contributed by atoms with Crippen molar-refractivity contribution in [2.45, 2.75) is 6.92 Å². The maximum absolute atomic E-state index is 12.5. The van der Waals surface area contributed by atoms with Crippen LogP contribution < -0.4 is 11.1 Å². The van der Waals surface area contributed by atoms with Gasteiger partial charge in [-0.15, -0.1) is 0 Å². The van der Waals surface area contributed by atoms with E-state index < -0.39 is 0 Å². The number of imidazole rings is 1. The minimum Gasteiger partial charge on any atom is -0.368 e. The number of allylic oxidation sites excluding steroid dienone is 1. The molecule has 4 rings (SSSR count). The van der Waals surface area contributed by atoms with E-state index in [9.17, 15) is 10.1 Å². The number of nitrogens with one attached hydrogen (secondary N) is 1. The van der Waals surface area contributed by atoms with Crippen LogP contribution in [0.25, 0.3) is 39.4 Å². The first-order valence-electron chi connectivity index (χ1n) is 9.32. The van der Waals surface area contributed by atoms with E-state index in [-0.39, 0.29) is 17.5 Å². The number of hydrogen-bond acceptors (Lipinski definition) is 7. The van der Waals surface area contributed by atoms with Crippen LogP contribution in [-0.2, 0) is 0 Å². The number of nitriles is 1. The molecule has 0 spiro atoms. The maximum Gasteiger partial charge on any atom is 0.253 e. The molecule has 0 unspecified atom stereocenters. The molecule has 0 atom stereocenters. The highest BCUT2D eigenvalue weighted by Gasteiger charge is 2.21. The van der Waals surface area contributed by atoms with Crippen LogP contribution in [-0.4, -0.2) is 37.5 Å². The van der Waals surface area contributed by atoms with Crippen LogP contribution in [0.5, 0.6) is 0 Å². The van der Waals surface area contributed by atoms with E-state index >= 15 is 0 Å². The number of benzene rings is 1. The van der Waals surface area contributed by atoms with Gasteiger partial charge in [-0.05, 0) is 36.8 Å². The third-order valence-corrected chi connectivity index (χ3v) is 4.73. The first kappa shape index (κ1) is 19.7. The van der Waals surface area contributed by atoms with Crippen molar-refractivity contribution in [3.8, 4) is 28.7 Å². The Labute approximate surface area is 177 Å². The number of nitrogens with two attached hydrogens (primary N) is 1. The molecule has 3 aromatic heterocycles. The molecule has 0 bridgehead atoms. The minimum atomic E-state index is -0.327. The number of carbonyl (C=O) groups is 1. The topological polar surface area (TPSA) is 135 Å². The Morgan fingerprint density at radius 1 is 1.16 bits per heavy atom. The molecule has 4 aromatic rings. The van der Waals surface area contributed by atoms with Gasteiger partial charge < -0.3 is 11.1 Å². The van der Waals surface area contributed by atoms with Gasteiger partial charge >= 0.3 is 0 Å². The van der Waals surface area contributed by atoms with Gasteiger partial charge in [0.15, 0.2) is 5.82 Å². The standard InChI is InChI=1S/C22H18N8O/c1-12(2)30-18-7-4-13(14-10-26-22(24)27-11-14)8-17(18)29-20(30)19-16(21(31)25-3)6-5-15(9-23)28-19/h4-8,10-11H,1H2,2-3H3,(H,25,31)(H2,24,26,27). The number of aromatic nitrogens is 5. The van der Waals surface area contributed by atoms with Gasteiger partial charge in [0, 0.05) is 30.7 Å². The second-order valence-corrected chi connectivity index (χ2v) is 6.82. The Kier molecular flexibility index (Phi) is 4.89. The van der Waals surface area contributed by atoms with Gasteiger partial charge in [0.05, 0.1) is 16.6 Å². The van der Waals surface area contributed by atoms with Gasteiger partial charge in [0.25, 0.3) is 5.91 Å². The van der Waals surface area contributed by atoms with Gasteiger partial charge in [0.2, 0.25) is 5.95 Å². The van der Waals surface area contributed by atoms with Crippen molar-refractivity contribution in [2.75, 3.05) is 12.8 Å². The van der Waals surface area contributed by atoms with E-state index in [2.05, 4.69) is 26.8 Å². The summed E-state index contributed by atoms with van der Waals surface area (Å²) in [5, 5.41) is 11.9. The number of amides is 1. The molecular weight excluding hydrogens is 392 g/mol. The SMILES string of the molecule is C=C(C)n1c(-c2nc(C#N)ccc2C(=O)NC)nc2cc(-c3cnc(N)nc3)ccc21. The summed E-state index contributed by atoms with van der Waals surface area (Å²) >= 11 is 0. The van der Waals surface area contributed by atoms with E-state index in [1.807, 2.05) is 35.8 Å². The molecule has 152 valence electrons. The molecule has 0 radical (unpaired) electrons. The fraction of sp³-hybridized carbons (Fsp3) is 0.0909. The molecule has 0 saturated heterocycles. The van der Waals surface area contributed by atoms with E-state index in [4.69, 9.17) is 10.7 Å². The minimum absolute atomic E-state index is 0.183. The smallest absolute Gasteiger partial charge is 0.253 e. The lowest BCUT2D eigenvalue weighted by Crippen LogP contribution is -2.20. The van der Waals surface area contributed by atoms with Crippen LogP contribution in [0.2, 0.25) is 0 Å². The molecule has 0 saturated carbocycles. The number of pyridine rings is 1. The largest absolute Gasteiger partial charge is 0.368 e. The fourth-order valence-corrected chi connectivity index (χ4v) is 3.30. The van der Waals surface area contributed by atoms with Crippen molar-refractivity contribution in [1.82, 2.24) is 29.8 Å². The van der Waals surface area contributed by atoms with Crippen LogP contribution in [0.3, 0.4) is 0 Å². The summed E-state index contributed by atoms with van der Waals surface area (Å²) < 4.78 is 1.81. The maximum atomic E-state index is 12.5. The van der Waals surface area contributed by atoms with E-state index in [1.54, 1.807) is 18.5 Å². The second kappa shape index (κ2) is 7.68. The third-order valence-electron chi connectivity index (χ3n) is 4.73. The number of nitrogen functional groups attached to an aromatic ring is 1. The Hall–Kier alpha value is -4.58. The molecule has 0 aliphatic rings. The van der Waals surface area contributed by atoms with Gasteiger partial charge in [-0.2, -0.15) is 5.26 Å². The number of nitrogens with zero attached hydrogens (tertiary/aromatic N) is 6. The molecule has 3 heterocycles. The summed E-state index contributed by atoms with van der Waals surface area (Å²) in [5.41, 5.74) is 10.2. The summed E-state index contributed by atoms with van der Waals surface area (Å²) in [6.07, 6.45) is 3.28. The summed E-state index contributed by atoms with van der Waals surface area (Å²) in [4.78, 5) is 29.6. The lowest BCUT2D eigenvalue weighted by atomic mass is 10.1. The molecular formula is C22H18N8O. The lowest BCUT2D eigenvalue weighted by molar-refractivity contribution is 0.0963. The number of fused-ring (bicyclic) bond motifs is 1. The first-order chi connectivity index (χ1) is 14.9. The number of hydrogen-bond donors (Lipinski definition) is 2. The van der Waals surface area contributed by atoms with Crippen LogP contribution in [0.1, 0.15) is 23.0 Å². The zero-order valence-electron chi connectivity index (χ0n) is 16.9. The molecule has 0 fully saturated rings. The molecule has 0 aliphatic carbocycles. The molecule has 9 heteroatoms. The van der Waals surface area contributed by atoms with Crippen molar-refractivity contribution < 1.29 is 4.79 Å². The summed E-state index contributed by atoms with van der Waals surface area (Å²) in [7, 11) is 1.53. The van der Waals surface area contributed by atoms with Crippen LogP contribution in [0.4, 0.5) is 5.95 Å². The highest BCUT2D eigenvalue weighted by Crippen LogP contribution is 2.31. The normalized spacial score (nSPS) is 10.6. The average Bonchev–Trinajstić information content (AvgIpc) is 3.17. The Bertz CT molecular complexity index is 1380. The van der Waals surface area contributed by atoms with Crippen molar-refractivity contribution in [1.29, 1.82) is 5.26 Å². The lowest BCUT2D eigenvalue weighted by Gasteiger charge is -2.11. The molecule has 9 nitrogen and oxygen atoms in total. The Balaban J connectivity index is 1.98. The quantitative estimate of drug-likeness (QED) is 0.528. The predicted octanol–water partition coefficient (Wildman–Crippen LogP) is 2.86. The molecule has 0 aliphatic heterocycles. The van der Waals surface area contributed by atoms with Gasteiger partial charge in [-0.1, -0.05) is 12.6 Å². The third kappa shape index (κ3) is 3.47. The zero-order valence-corrected chi connectivity index (χ0v) is 16.9. The average molecular weight is 410 g/mol. The van der Waals surface area contributed by atoms with Crippen LogP contribution >= 0.6 is 0 Å². The summed E-state index contributed by atoms with van der Waals surface area (Å²) in [6, 6.07) is 10.8. The van der Waals surface area contributed by atoms with Crippen molar-refractivity contribution in [3.63, 3.8) is 0 Å². The molecule has 31 heavy (non-hydrogen) atoms. The van der Waals surface area contributed by atoms with Crippen molar-refractivity contribution in [3.05, 3.63) is 60.6 Å². The van der Waals surface area contributed by atoms with Crippen LogP contribution in [0, 0.1) is 11.3 Å². The summed E-state index contributed by atoms with van der Waals surface area (Å²) in [6.45, 7) is 5.89. The van der Waals surface area contributed by atoms with E-state index in [1.165, 1.54) is 13.1 Å². The first-order valence-corrected chi connectivity index (χ1v) is 9.32. The Morgan fingerprint density at radius 3 is 2.55 bits per heavy atom. The highest BCUT2D eigenvalue weighted by molar-refractivity contribution is 6.00. The zero-order chi connectivity index (χ0) is 22.1. The number of rotatable bonds is 4. The number of carbonyl (C=O) groups excluding carboxylic acids is 1. The van der Waals surface area contributed by atoms with Gasteiger partial charge in [-0.25, -0.2) is 19.9 Å². The molecule has 1 aromatic carbocycles. The second-order valence-electron chi connectivity index (χ2n) is 6.82. The monoisotopic (exact) mass is 410 g/mol. The summed E-state index contributed by atoms with van der Waals surface area (Å²) in [5.74, 6) is 0.291. The molecule has 3 N–H and O–H groups in total. The van der Waals surface area contributed by atoms with Crippen molar-refractivity contribution >= 4 is 28.6 Å². The van der Waals surface area contributed by atoms with E-state index in [0.717, 1.165) is 16.6 Å². The predicted molar refractivity (Wildman–Crippen MR) is 118 cm³/mol. The van der Waals surface area contributed by atoms with E-state index in [0.29, 0.717) is 28.3 Å². The number of anilines is 1. The van der Waals surface area contributed by atoms with Gasteiger partial charge in [-0.3, -0.25) is 9.36 Å².